The highest BCUT2D eigenvalue weighted by Gasteiger charge is 2.32. The average molecular weight is 324 g/mol. The van der Waals surface area contributed by atoms with E-state index in [0.717, 1.165) is 31.5 Å². The smallest absolute Gasteiger partial charge is 0.225 e. The fourth-order valence-corrected chi connectivity index (χ4v) is 3.38. The molecule has 3 rings (SSSR count). The summed E-state index contributed by atoms with van der Waals surface area (Å²) in [6.45, 7) is 4.30. The van der Waals surface area contributed by atoms with Crippen LogP contribution in [0.3, 0.4) is 0 Å². The first-order chi connectivity index (χ1) is 11.0. The minimum Gasteiger partial charge on any atom is -0.370 e. The van der Waals surface area contributed by atoms with Gasteiger partial charge >= 0.3 is 0 Å². The molecular weight excluding hydrogens is 302 g/mol. The Morgan fingerprint density at radius 3 is 2.91 bits per heavy atom. The highest BCUT2D eigenvalue weighted by molar-refractivity contribution is 5.79. The van der Waals surface area contributed by atoms with E-state index in [4.69, 9.17) is 4.74 Å². The molecule has 23 heavy (non-hydrogen) atoms. The zero-order chi connectivity index (χ0) is 16.4. The molecule has 1 amide bonds. The molecule has 2 fully saturated rings. The fraction of sp³-hybridized carbons (Fsp3) is 0.588. The lowest BCUT2D eigenvalue weighted by molar-refractivity contribution is -0.144. The molecule has 0 bridgehead atoms. The third kappa shape index (κ3) is 3.70. The minimum absolute atomic E-state index is 0.0370. The van der Waals surface area contributed by atoms with Crippen molar-refractivity contribution < 1.29 is 18.3 Å². The summed E-state index contributed by atoms with van der Waals surface area (Å²) in [6, 6.07) is 4.12. The number of amides is 1. The van der Waals surface area contributed by atoms with Crippen molar-refractivity contribution in [2.45, 2.75) is 31.9 Å². The van der Waals surface area contributed by atoms with E-state index in [1.54, 1.807) is 4.90 Å². The molecule has 3 atom stereocenters. The van der Waals surface area contributed by atoms with Crippen molar-refractivity contribution in [2.24, 2.45) is 5.92 Å². The second-order valence-corrected chi connectivity index (χ2v) is 6.39. The molecule has 0 radical (unpaired) electrons. The molecule has 126 valence electrons. The third-order valence-electron chi connectivity index (χ3n) is 4.67. The second kappa shape index (κ2) is 6.93. The van der Waals surface area contributed by atoms with Gasteiger partial charge in [0.2, 0.25) is 5.91 Å². The number of morpholine rings is 1. The van der Waals surface area contributed by atoms with Gasteiger partial charge in [-0.05, 0) is 44.0 Å². The van der Waals surface area contributed by atoms with Gasteiger partial charge in [0.1, 0.15) is 6.10 Å². The maximum Gasteiger partial charge on any atom is 0.225 e. The van der Waals surface area contributed by atoms with Crippen molar-refractivity contribution in [1.29, 1.82) is 0 Å². The summed E-state index contributed by atoms with van der Waals surface area (Å²) in [4.78, 5) is 14.5. The van der Waals surface area contributed by atoms with Crippen LogP contribution in [0.25, 0.3) is 0 Å². The molecule has 0 aliphatic carbocycles. The Hall–Kier alpha value is -1.53. The van der Waals surface area contributed by atoms with E-state index in [9.17, 15) is 13.6 Å². The number of rotatable bonds is 2. The molecular formula is C17H22F2N2O2. The highest BCUT2D eigenvalue weighted by atomic mass is 19.2. The summed E-state index contributed by atoms with van der Waals surface area (Å²) >= 11 is 0. The molecule has 1 unspecified atom stereocenters. The first kappa shape index (κ1) is 16.3. The lowest BCUT2D eigenvalue weighted by atomic mass is 9.91. The van der Waals surface area contributed by atoms with Gasteiger partial charge in [0.05, 0.1) is 13.2 Å². The van der Waals surface area contributed by atoms with E-state index in [2.05, 4.69) is 12.2 Å². The van der Waals surface area contributed by atoms with Crippen LogP contribution in [0.15, 0.2) is 18.2 Å². The number of carbonyl (C=O) groups excluding carboxylic acids is 1. The molecule has 4 nitrogen and oxygen atoms in total. The quantitative estimate of drug-likeness (QED) is 0.907. The summed E-state index contributed by atoms with van der Waals surface area (Å²) in [7, 11) is 0. The third-order valence-corrected chi connectivity index (χ3v) is 4.67. The lowest BCUT2D eigenvalue weighted by Gasteiger charge is -2.37. The van der Waals surface area contributed by atoms with Gasteiger partial charge in [-0.2, -0.15) is 0 Å². The molecule has 2 heterocycles. The standard InChI is InChI=1S/C17H22F2N2O2/c1-11-8-13(4-5-20-11)17(22)21-6-7-23-16(10-21)12-2-3-14(18)15(19)9-12/h2-3,9,11,13,16,20H,4-8,10H2,1H3/t11-,13-,16?/m0/s1. The molecule has 1 aromatic carbocycles. The van der Waals surface area contributed by atoms with Gasteiger partial charge < -0.3 is 15.0 Å². The molecule has 2 saturated heterocycles. The first-order valence-corrected chi connectivity index (χ1v) is 8.13. The van der Waals surface area contributed by atoms with Gasteiger partial charge in [-0.25, -0.2) is 8.78 Å². The Labute approximate surface area is 134 Å². The van der Waals surface area contributed by atoms with Crippen LogP contribution in [0.4, 0.5) is 8.78 Å². The number of hydrogen-bond donors (Lipinski definition) is 1. The maximum absolute atomic E-state index is 13.4. The van der Waals surface area contributed by atoms with E-state index in [1.807, 2.05) is 0 Å². The number of halogens is 2. The Morgan fingerprint density at radius 2 is 2.17 bits per heavy atom. The normalized spacial score (nSPS) is 28.7. The Balaban J connectivity index is 1.67. The van der Waals surface area contributed by atoms with Crippen molar-refractivity contribution in [1.82, 2.24) is 10.2 Å². The zero-order valence-electron chi connectivity index (χ0n) is 13.2. The van der Waals surface area contributed by atoms with Crippen LogP contribution in [0, 0.1) is 17.6 Å². The first-order valence-electron chi connectivity index (χ1n) is 8.13. The second-order valence-electron chi connectivity index (χ2n) is 6.39. The molecule has 1 N–H and O–H groups in total. The predicted molar refractivity (Wildman–Crippen MR) is 81.8 cm³/mol. The average Bonchev–Trinajstić information content (AvgIpc) is 2.57. The SMILES string of the molecule is C[C@H]1C[C@@H](C(=O)N2CCOC(c3ccc(F)c(F)c3)C2)CCN1. The lowest BCUT2D eigenvalue weighted by Crippen LogP contribution is -2.48. The van der Waals surface area contributed by atoms with Crippen LogP contribution in [-0.2, 0) is 9.53 Å². The number of benzene rings is 1. The maximum atomic E-state index is 13.4. The van der Waals surface area contributed by atoms with Crippen LogP contribution in [-0.4, -0.2) is 43.1 Å². The Morgan fingerprint density at radius 1 is 1.35 bits per heavy atom. The van der Waals surface area contributed by atoms with E-state index < -0.39 is 17.7 Å². The molecule has 0 spiro atoms. The van der Waals surface area contributed by atoms with Gasteiger partial charge in [0.15, 0.2) is 11.6 Å². The zero-order valence-corrected chi connectivity index (χ0v) is 13.2. The van der Waals surface area contributed by atoms with Crippen molar-refractivity contribution in [3.8, 4) is 0 Å². The van der Waals surface area contributed by atoms with Gasteiger partial charge in [-0.15, -0.1) is 0 Å². The predicted octanol–water partition coefficient (Wildman–Crippen LogP) is 2.25. The van der Waals surface area contributed by atoms with Crippen LogP contribution < -0.4 is 5.32 Å². The number of piperidine rings is 1. The topological polar surface area (TPSA) is 41.6 Å². The number of nitrogens with one attached hydrogen (secondary N) is 1. The van der Waals surface area contributed by atoms with Crippen molar-refractivity contribution in [2.75, 3.05) is 26.2 Å². The van der Waals surface area contributed by atoms with E-state index in [-0.39, 0.29) is 11.8 Å². The summed E-state index contributed by atoms with van der Waals surface area (Å²) in [5, 5.41) is 3.34. The van der Waals surface area contributed by atoms with Crippen LogP contribution in [0.1, 0.15) is 31.4 Å². The van der Waals surface area contributed by atoms with E-state index in [1.165, 1.54) is 6.07 Å². The number of nitrogens with zero attached hydrogens (tertiary/aromatic N) is 1. The summed E-state index contributed by atoms with van der Waals surface area (Å²) in [6.07, 6.45) is 1.28. The summed E-state index contributed by atoms with van der Waals surface area (Å²) < 4.78 is 32.1. The van der Waals surface area contributed by atoms with Crippen molar-refractivity contribution in [3.63, 3.8) is 0 Å². The molecule has 1 aromatic rings. The number of carbonyl (C=O) groups is 1. The van der Waals surface area contributed by atoms with Crippen LogP contribution in [0.5, 0.6) is 0 Å². The van der Waals surface area contributed by atoms with Crippen molar-refractivity contribution in [3.05, 3.63) is 35.4 Å². The Kier molecular flexibility index (Phi) is 4.92. The monoisotopic (exact) mass is 324 g/mol. The summed E-state index contributed by atoms with van der Waals surface area (Å²) in [5.41, 5.74) is 0.570. The van der Waals surface area contributed by atoms with Crippen molar-refractivity contribution >= 4 is 5.91 Å². The minimum atomic E-state index is -0.887. The Bertz CT molecular complexity index is 582. The summed E-state index contributed by atoms with van der Waals surface area (Å²) in [5.74, 6) is -1.58. The van der Waals surface area contributed by atoms with E-state index >= 15 is 0 Å². The van der Waals surface area contributed by atoms with Crippen LogP contribution in [0.2, 0.25) is 0 Å². The highest BCUT2D eigenvalue weighted by Crippen LogP contribution is 2.26. The fourth-order valence-electron chi connectivity index (χ4n) is 3.38. The molecule has 6 heteroatoms. The van der Waals surface area contributed by atoms with Gasteiger partial charge in [0, 0.05) is 18.5 Å². The van der Waals surface area contributed by atoms with Gasteiger partial charge in [-0.1, -0.05) is 6.07 Å². The van der Waals surface area contributed by atoms with Gasteiger partial charge in [-0.3, -0.25) is 4.79 Å². The van der Waals surface area contributed by atoms with Gasteiger partial charge in [0.25, 0.3) is 0 Å². The molecule has 2 aliphatic rings. The number of hydrogen-bond acceptors (Lipinski definition) is 3. The molecule has 0 aromatic heterocycles. The van der Waals surface area contributed by atoms with E-state index in [0.29, 0.717) is 31.3 Å². The number of ether oxygens (including phenoxy) is 1. The molecule has 2 aliphatic heterocycles. The molecule has 0 saturated carbocycles. The largest absolute Gasteiger partial charge is 0.370 e. The van der Waals surface area contributed by atoms with Crippen LogP contribution >= 0.6 is 0 Å².